The molecule has 3 radical (unpaired) electrons. The number of halogens is 2. The lowest BCUT2D eigenvalue weighted by Gasteiger charge is -2.05. The quantitative estimate of drug-likeness (QED) is 0.417. The summed E-state index contributed by atoms with van der Waals surface area (Å²) in [6.45, 7) is 0.777. The van der Waals surface area contributed by atoms with Gasteiger partial charge < -0.3 is 4.74 Å². The first-order chi connectivity index (χ1) is 6.22. The highest BCUT2D eigenvalue weighted by Gasteiger charge is 1.97. The number of hydrogen-bond donors (Lipinski definition) is 0. The average Bonchev–Trinajstić information content (AvgIpc) is 2.03. The van der Waals surface area contributed by atoms with Crippen molar-refractivity contribution in [1.82, 2.24) is 0 Å². The van der Waals surface area contributed by atoms with Crippen LogP contribution in [0.5, 0.6) is 5.75 Å². The third kappa shape index (κ3) is 4.64. The second kappa shape index (κ2) is 6.23. The van der Waals surface area contributed by atoms with Gasteiger partial charge in [0.1, 0.15) is 5.75 Å². The molecule has 0 spiro atoms. The summed E-state index contributed by atoms with van der Waals surface area (Å²) in [6.07, 6.45) is 1.04. The Morgan fingerprint density at radius 1 is 1.15 bits per heavy atom. The maximum atomic E-state index is 5.57. The Labute approximate surface area is 109 Å². The van der Waals surface area contributed by atoms with Crippen LogP contribution in [0.15, 0.2) is 18.2 Å². The summed E-state index contributed by atoms with van der Waals surface area (Å²) in [5.41, 5.74) is 0. The second-order valence-corrected chi connectivity index (χ2v) is 5.55. The molecule has 0 aliphatic rings. The first-order valence-corrected chi connectivity index (χ1v) is 6.82. The predicted molar refractivity (Wildman–Crippen MR) is 72.5 cm³/mol. The van der Waals surface area contributed by atoms with E-state index in [-0.39, 0.29) is 0 Å². The summed E-state index contributed by atoms with van der Waals surface area (Å²) in [5, 5.41) is 0. The lowest BCUT2D eigenvalue weighted by atomic mass is 10.3. The normalized spacial score (nSPS) is 10.1. The van der Waals surface area contributed by atoms with Gasteiger partial charge in [0, 0.05) is 17.4 Å². The molecule has 0 bridgehead atoms. The molecule has 0 amide bonds. The summed E-state index contributed by atoms with van der Waals surface area (Å²) < 4.78 is 8.01. The van der Waals surface area contributed by atoms with E-state index in [1.807, 2.05) is 0 Å². The van der Waals surface area contributed by atoms with Crippen molar-refractivity contribution >= 4 is 55.4 Å². The molecule has 1 rings (SSSR count). The van der Waals surface area contributed by atoms with Crippen LogP contribution in [0, 0.1) is 7.14 Å². The maximum Gasteiger partial charge on any atom is 0.121 e. The van der Waals surface area contributed by atoms with Crippen LogP contribution in [0.1, 0.15) is 6.42 Å². The van der Waals surface area contributed by atoms with E-state index in [1.54, 1.807) is 0 Å². The molecule has 0 N–H and O–H groups in total. The largest absolute Gasteiger partial charge is 0.494 e. The third-order valence-corrected chi connectivity index (χ3v) is 3.03. The fourth-order valence-electron chi connectivity index (χ4n) is 0.874. The molecule has 69 valence electrons. The molecule has 0 atom stereocenters. The highest BCUT2D eigenvalue weighted by molar-refractivity contribution is 14.1. The number of rotatable bonds is 4. The molecule has 0 aliphatic carbocycles. The molecule has 0 saturated heterocycles. The summed E-state index contributed by atoms with van der Waals surface area (Å²) in [6, 6.07) is 7.21. The van der Waals surface area contributed by atoms with E-state index in [1.165, 1.54) is 7.14 Å². The van der Waals surface area contributed by atoms with Crippen molar-refractivity contribution in [2.75, 3.05) is 6.61 Å². The molecule has 13 heavy (non-hydrogen) atoms. The van der Waals surface area contributed by atoms with E-state index in [9.17, 15) is 0 Å². The molecule has 1 aromatic rings. The van der Waals surface area contributed by atoms with Crippen molar-refractivity contribution in [2.24, 2.45) is 0 Å². The molecule has 0 aromatic heterocycles. The van der Waals surface area contributed by atoms with E-state index in [4.69, 9.17) is 4.74 Å². The van der Waals surface area contributed by atoms with E-state index in [0.29, 0.717) is 0 Å². The molecule has 1 nitrogen and oxygen atoms in total. The summed E-state index contributed by atoms with van der Waals surface area (Å²) >= 11 is 4.60. The fourth-order valence-corrected chi connectivity index (χ4v) is 2.90. The highest BCUT2D eigenvalue weighted by Crippen LogP contribution is 2.20. The van der Waals surface area contributed by atoms with Crippen molar-refractivity contribution in [3.8, 4) is 5.75 Å². The Hall–Kier alpha value is 0.697. The van der Waals surface area contributed by atoms with Crippen molar-refractivity contribution in [3.05, 3.63) is 25.3 Å². The molecule has 1 aromatic carbocycles. The summed E-state index contributed by atoms with van der Waals surface area (Å²) in [5.74, 6) is 0.969. The van der Waals surface area contributed by atoms with Crippen LogP contribution >= 0.6 is 45.2 Å². The molecule has 4 heteroatoms. The predicted octanol–water partition coefficient (Wildman–Crippen LogP) is 3.25. The van der Waals surface area contributed by atoms with Gasteiger partial charge in [-0.1, -0.05) is 6.04 Å². The van der Waals surface area contributed by atoms with Crippen molar-refractivity contribution in [3.63, 3.8) is 0 Å². The first-order valence-electron chi connectivity index (χ1n) is 3.96. The minimum Gasteiger partial charge on any atom is -0.494 e. The standard InChI is InChI=1S/C9H9I2OSi/c10-7-4-8(11)6-9(5-7)12-2-1-3-13/h4-6H,1-3H2. The number of benzene rings is 1. The molecule has 0 unspecified atom stereocenters. The van der Waals surface area contributed by atoms with Crippen molar-refractivity contribution in [1.29, 1.82) is 0 Å². The van der Waals surface area contributed by atoms with E-state index >= 15 is 0 Å². The second-order valence-electron chi connectivity index (χ2n) is 2.56. The van der Waals surface area contributed by atoms with Gasteiger partial charge in [-0.05, 0) is 69.8 Å². The number of ether oxygens (including phenoxy) is 1. The minimum absolute atomic E-state index is 0.777. The van der Waals surface area contributed by atoms with Crippen LogP contribution in [-0.2, 0) is 0 Å². The van der Waals surface area contributed by atoms with Gasteiger partial charge in [-0.2, -0.15) is 0 Å². The van der Waals surface area contributed by atoms with Gasteiger partial charge in [0.05, 0.1) is 6.61 Å². The summed E-state index contributed by atoms with van der Waals surface area (Å²) in [4.78, 5) is 0. The highest BCUT2D eigenvalue weighted by atomic mass is 127. The van der Waals surface area contributed by atoms with Crippen LogP contribution in [0.3, 0.4) is 0 Å². The van der Waals surface area contributed by atoms with E-state index in [0.717, 1.165) is 24.8 Å². The van der Waals surface area contributed by atoms with E-state index < -0.39 is 0 Å². The molecular formula is C9H9I2OSi. The summed E-state index contributed by atoms with van der Waals surface area (Å²) in [7, 11) is 3.41. The van der Waals surface area contributed by atoms with Gasteiger partial charge in [-0.3, -0.25) is 0 Å². The van der Waals surface area contributed by atoms with Gasteiger partial charge >= 0.3 is 0 Å². The van der Waals surface area contributed by atoms with Gasteiger partial charge in [0.15, 0.2) is 0 Å². The van der Waals surface area contributed by atoms with Crippen LogP contribution in [0.2, 0.25) is 6.04 Å². The van der Waals surface area contributed by atoms with Gasteiger partial charge in [-0.25, -0.2) is 0 Å². The monoisotopic (exact) mass is 415 g/mol. The third-order valence-electron chi connectivity index (χ3n) is 1.43. The van der Waals surface area contributed by atoms with Crippen molar-refractivity contribution in [2.45, 2.75) is 12.5 Å². The van der Waals surface area contributed by atoms with Gasteiger partial charge in [0.2, 0.25) is 0 Å². The number of hydrogen-bond acceptors (Lipinski definition) is 1. The fraction of sp³-hybridized carbons (Fsp3) is 0.333. The first kappa shape index (κ1) is 11.8. The minimum atomic E-state index is 0.777. The molecule has 0 saturated carbocycles. The van der Waals surface area contributed by atoms with Gasteiger partial charge in [0.25, 0.3) is 0 Å². The zero-order chi connectivity index (χ0) is 9.68. The zero-order valence-electron chi connectivity index (χ0n) is 7.02. The van der Waals surface area contributed by atoms with Crippen LogP contribution in [-0.4, -0.2) is 16.8 Å². The van der Waals surface area contributed by atoms with Crippen LogP contribution in [0.4, 0.5) is 0 Å². The smallest absolute Gasteiger partial charge is 0.121 e. The Morgan fingerprint density at radius 2 is 1.77 bits per heavy atom. The lowest BCUT2D eigenvalue weighted by molar-refractivity contribution is 0.317. The van der Waals surface area contributed by atoms with Crippen LogP contribution in [0.25, 0.3) is 0 Å². The SMILES string of the molecule is [Si]CCCOc1cc(I)cc(I)c1. The van der Waals surface area contributed by atoms with Gasteiger partial charge in [-0.15, -0.1) is 0 Å². The van der Waals surface area contributed by atoms with E-state index in [2.05, 4.69) is 73.6 Å². The topological polar surface area (TPSA) is 9.23 Å². The Bertz CT molecular complexity index is 258. The Balaban J connectivity index is 2.56. The van der Waals surface area contributed by atoms with Crippen molar-refractivity contribution < 1.29 is 4.74 Å². The van der Waals surface area contributed by atoms with Crippen LogP contribution < -0.4 is 4.74 Å². The Morgan fingerprint density at radius 3 is 2.31 bits per heavy atom. The molecule has 0 heterocycles. The molecule has 0 aliphatic heterocycles. The lowest BCUT2D eigenvalue weighted by Crippen LogP contribution is -1.97. The maximum absolute atomic E-state index is 5.57. The molecular weight excluding hydrogens is 406 g/mol. The Kier molecular flexibility index (Phi) is 5.64. The average molecular weight is 415 g/mol. The molecule has 0 fully saturated rings. The zero-order valence-corrected chi connectivity index (χ0v) is 12.3.